The van der Waals surface area contributed by atoms with Crippen LogP contribution in [0.4, 0.5) is 0 Å². The van der Waals surface area contributed by atoms with E-state index in [9.17, 15) is 0 Å². The van der Waals surface area contributed by atoms with Crippen molar-refractivity contribution in [2.24, 2.45) is 5.10 Å². The molecular formula is C21H21Cl2N3O. The number of aryl methyl sites for hydroxylation is 1. The van der Waals surface area contributed by atoms with Gasteiger partial charge in [0.05, 0.1) is 30.6 Å². The van der Waals surface area contributed by atoms with Crippen molar-refractivity contribution in [2.45, 2.75) is 20.4 Å². The molecule has 4 nitrogen and oxygen atoms in total. The Morgan fingerprint density at radius 3 is 2.63 bits per heavy atom. The van der Waals surface area contributed by atoms with Crippen LogP contribution in [0.2, 0.25) is 10.0 Å². The summed E-state index contributed by atoms with van der Waals surface area (Å²) < 4.78 is 7.45. The Kier molecular flexibility index (Phi) is 6.09. The van der Waals surface area contributed by atoms with Crippen LogP contribution >= 0.6 is 23.2 Å². The summed E-state index contributed by atoms with van der Waals surface area (Å²) in [6.07, 6.45) is 1.82. The van der Waals surface area contributed by atoms with Crippen LogP contribution in [0.25, 0.3) is 5.69 Å². The molecule has 3 rings (SSSR count). The Hall–Kier alpha value is -2.43. The molecule has 2 aromatic carbocycles. The molecule has 0 amide bonds. The molecule has 0 bridgehead atoms. The predicted molar refractivity (Wildman–Crippen MR) is 113 cm³/mol. The molecule has 0 aliphatic rings. The van der Waals surface area contributed by atoms with Gasteiger partial charge in [-0.1, -0.05) is 41.4 Å². The van der Waals surface area contributed by atoms with Crippen molar-refractivity contribution in [3.8, 4) is 11.4 Å². The van der Waals surface area contributed by atoms with Crippen LogP contribution < -0.4 is 10.2 Å². The Morgan fingerprint density at radius 2 is 1.89 bits per heavy atom. The van der Waals surface area contributed by atoms with Gasteiger partial charge in [-0.05, 0) is 44.2 Å². The minimum Gasteiger partial charge on any atom is -0.496 e. The summed E-state index contributed by atoms with van der Waals surface area (Å²) >= 11 is 12.4. The van der Waals surface area contributed by atoms with E-state index < -0.39 is 0 Å². The molecule has 0 aliphatic heterocycles. The van der Waals surface area contributed by atoms with Crippen LogP contribution in [0.1, 0.15) is 22.5 Å². The van der Waals surface area contributed by atoms with Crippen molar-refractivity contribution in [3.05, 3.63) is 81.1 Å². The molecule has 140 valence electrons. The second-order valence-electron chi connectivity index (χ2n) is 6.16. The zero-order chi connectivity index (χ0) is 19.4. The molecule has 1 aromatic heterocycles. The third-order valence-electron chi connectivity index (χ3n) is 4.38. The largest absolute Gasteiger partial charge is 0.496 e. The monoisotopic (exact) mass is 401 g/mol. The summed E-state index contributed by atoms with van der Waals surface area (Å²) in [7, 11) is 1.67. The van der Waals surface area contributed by atoms with E-state index >= 15 is 0 Å². The van der Waals surface area contributed by atoms with E-state index in [0.29, 0.717) is 16.6 Å². The highest BCUT2D eigenvalue weighted by Crippen LogP contribution is 2.28. The molecule has 27 heavy (non-hydrogen) atoms. The van der Waals surface area contributed by atoms with Crippen LogP contribution in [0.15, 0.2) is 53.6 Å². The predicted octanol–water partition coefficient (Wildman–Crippen LogP) is 5.53. The van der Waals surface area contributed by atoms with E-state index in [1.54, 1.807) is 13.2 Å². The molecule has 0 radical (unpaired) electrons. The Balaban J connectivity index is 1.77. The number of nitrogens with zero attached hydrogens (tertiary/aromatic N) is 2. The lowest BCUT2D eigenvalue weighted by atomic mass is 10.2. The second-order valence-corrected chi connectivity index (χ2v) is 7.01. The van der Waals surface area contributed by atoms with Gasteiger partial charge in [-0.25, -0.2) is 0 Å². The highest BCUT2D eigenvalue weighted by molar-refractivity contribution is 6.35. The van der Waals surface area contributed by atoms with Gasteiger partial charge in [0.15, 0.2) is 0 Å². The zero-order valence-corrected chi connectivity index (χ0v) is 17.0. The zero-order valence-electron chi connectivity index (χ0n) is 15.5. The number of rotatable bonds is 6. The summed E-state index contributed by atoms with van der Waals surface area (Å²) in [6, 6.07) is 15.5. The van der Waals surface area contributed by atoms with E-state index in [0.717, 1.165) is 34.0 Å². The summed E-state index contributed by atoms with van der Waals surface area (Å²) in [5, 5.41) is 5.59. The molecule has 0 aliphatic carbocycles. The van der Waals surface area contributed by atoms with Crippen molar-refractivity contribution in [1.29, 1.82) is 0 Å². The highest BCUT2D eigenvalue weighted by atomic mass is 35.5. The van der Waals surface area contributed by atoms with Crippen LogP contribution in [0, 0.1) is 13.8 Å². The van der Waals surface area contributed by atoms with Gasteiger partial charge in [0, 0.05) is 27.5 Å². The smallest absolute Gasteiger partial charge is 0.123 e. The minimum absolute atomic E-state index is 0.586. The number of aromatic nitrogens is 1. The SMILES string of the molecule is COc1ccccc1CN/N=C/c1cc(C)n(-c2ccc(Cl)cc2Cl)c1C. The van der Waals surface area contributed by atoms with E-state index in [1.165, 1.54) is 0 Å². The fourth-order valence-electron chi connectivity index (χ4n) is 3.05. The first-order chi connectivity index (χ1) is 13.0. The number of methoxy groups -OCH3 is 1. The molecule has 3 aromatic rings. The van der Waals surface area contributed by atoms with Gasteiger partial charge >= 0.3 is 0 Å². The van der Waals surface area contributed by atoms with Crippen LogP contribution in [-0.2, 0) is 6.54 Å². The first kappa shape index (κ1) is 19.3. The summed E-state index contributed by atoms with van der Waals surface area (Å²) in [5.74, 6) is 0.843. The number of halogens is 2. The Bertz CT molecular complexity index is 980. The Labute approximate surface area is 169 Å². The average molecular weight is 402 g/mol. The number of ether oxygens (including phenoxy) is 1. The van der Waals surface area contributed by atoms with Crippen molar-refractivity contribution >= 4 is 29.4 Å². The van der Waals surface area contributed by atoms with Gasteiger partial charge in [-0.15, -0.1) is 0 Å². The summed E-state index contributed by atoms with van der Waals surface area (Å²) in [4.78, 5) is 0. The molecule has 0 atom stereocenters. The molecule has 6 heteroatoms. The van der Waals surface area contributed by atoms with Gasteiger partial charge in [-0.2, -0.15) is 5.10 Å². The molecule has 1 heterocycles. The number of hydrazone groups is 1. The van der Waals surface area contributed by atoms with E-state index in [2.05, 4.69) is 21.2 Å². The minimum atomic E-state index is 0.586. The van der Waals surface area contributed by atoms with Crippen molar-refractivity contribution in [1.82, 2.24) is 9.99 Å². The van der Waals surface area contributed by atoms with Crippen molar-refractivity contribution < 1.29 is 4.74 Å². The van der Waals surface area contributed by atoms with E-state index in [4.69, 9.17) is 27.9 Å². The van der Waals surface area contributed by atoms with Gasteiger partial charge in [0.2, 0.25) is 0 Å². The van der Waals surface area contributed by atoms with Crippen LogP contribution in [0.5, 0.6) is 5.75 Å². The molecule has 0 unspecified atom stereocenters. The van der Waals surface area contributed by atoms with Crippen molar-refractivity contribution in [2.75, 3.05) is 7.11 Å². The average Bonchev–Trinajstić information content (AvgIpc) is 2.93. The van der Waals surface area contributed by atoms with E-state index in [-0.39, 0.29) is 0 Å². The second kappa shape index (κ2) is 8.51. The quantitative estimate of drug-likeness (QED) is 0.435. The third-order valence-corrected chi connectivity index (χ3v) is 4.92. The lowest BCUT2D eigenvalue weighted by molar-refractivity contribution is 0.408. The summed E-state index contributed by atoms with van der Waals surface area (Å²) in [5.41, 5.74) is 8.17. The van der Waals surface area contributed by atoms with Crippen LogP contribution in [0.3, 0.4) is 0 Å². The standard InChI is InChI=1S/C21H21Cl2N3O/c1-14-10-17(13-25-24-12-16-6-4-5-7-21(16)27-3)15(2)26(14)20-9-8-18(22)11-19(20)23/h4-11,13,24H,12H2,1-3H3/b25-13+. The molecule has 1 N–H and O–H groups in total. The van der Waals surface area contributed by atoms with Gasteiger partial charge in [0.1, 0.15) is 5.75 Å². The van der Waals surface area contributed by atoms with Gasteiger partial charge in [-0.3, -0.25) is 0 Å². The molecule has 0 spiro atoms. The molecular weight excluding hydrogens is 381 g/mol. The van der Waals surface area contributed by atoms with Gasteiger partial charge < -0.3 is 14.7 Å². The topological polar surface area (TPSA) is 38.5 Å². The number of hydrogen-bond acceptors (Lipinski definition) is 3. The molecule has 0 saturated heterocycles. The highest BCUT2D eigenvalue weighted by Gasteiger charge is 2.12. The molecule has 0 fully saturated rings. The fourth-order valence-corrected chi connectivity index (χ4v) is 3.54. The van der Waals surface area contributed by atoms with Crippen molar-refractivity contribution in [3.63, 3.8) is 0 Å². The van der Waals surface area contributed by atoms with E-state index in [1.807, 2.05) is 56.5 Å². The van der Waals surface area contributed by atoms with Gasteiger partial charge in [0.25, 0.3) is 0 Å². The Morgan fingerprint density at radius 1 is 1.11 bits per heavy atom. The number of para-hydroxylation sites is 1. The normalized spacial score (nSPS) is 11.1. The lowest BCUT2D eigenvalue weighted by Gasteiger charge is -2.11. The number of hydrogen-bond donors (Lipinski definition) is 1. The summed E-state index contributed by atoms with van der Waals surface area (Å²) in [6.45, 7) is 4.67. The maximum absolute atomic E-state index is 6.38. The first-order valence-electron chi connectivity index (χ1n) is 8.53. The first-order valence-corrected chi connectivity index (χ1v) is 9.29. The maximum atomic E-state index is 6.38. The number of nitrogens with one attached hydrogen (secondary N) is 1. The number of benzene rings is 2. The maximum Gasteiger partial charge on any atom is 0.123 e. The van der Waals surface area contributed by atoms with Crippen LogP contribution in [-0.4, -0.2) is 17.9 Å². The lowest BCUT2D eigenvalue weighted by Crippen LogP contribution is -2.07. The third kappa shape index (κ3) is 4.29. The molecule has 0 saturated carbocycles. The fraction of sp³-hybridized carbons (Fsp3) is 0.190.